The number of amidine groups is 1. The van der Waals surface area contributed by atoms with Gasteiger partial charge in [-0.1, -0.05) is 48.0 Å². The molecule has 1 aliphatic rings. The van der Waals surface area contributed by atoms with Gasteiger partial charge in [0.15, 0.2) is 0 Å². The summed E-state index contributed by atoms with van der Waals surface area (Å²) >= 11 is 0. The van der Waals surface area contributed by atoms with Gasteiger partial charge in [0, 0.05) is 32.9 Å². The summed E-state index contributed by atoms with van der Waals surface area (Å²) in [6.45, 7) is 3.97. The average Bonchev–Trinajstić information content (AvgIpc) is 3.31. The molecule has 4 rings (SSSR count). The maximum atomic E-state index is 13.6. The Morgan fingerprint density at radius 3 is 2.03 bits per heavy atom. The minimum Gasteiger partial charge on any atom is -0.378 e. The fourth-order valence-electron chi connectivity index (χ4n) is 4.20. The molecule has 190 valence electrons. The lowest BCUT2D eigenvalue weighted by atomic mass is 10.1. The molecule has 0 spiro atoms. The van der Waals surface area contributed by atoms with Crippen LogP contribution in [0.3, 0.4) is 0 Å². The number of sulfonamides is 2. The predicted molar refractivity (Wildman–Crippen MR) is 142 cm³/mol. The second kappa shape index (κ2) is 10.0. The van der Waals surface area contributed by atoms with Crippen molar-refractivity contribution in [3.05, 3.63) is 90.0 Å². The van der Waals surface area contributed by atoms with Crippen LogP contribution in [0.25, 0.3) is 0 Å². The molecular formula is C26H30N4O4S2. The molecule has 1 atom stereocenters. The quantitative estimate of drug-likeness (QED) is 0.358. The molecule has 0 aromatic heterocycles. The molecule has 10 heteroatoms. The van der Waals surface area contributed by atoms with Gasteiger partial charge >= 0.3 is 0 Å². The van der Waals surface area contributed by atoms with Crippen LogP contribution < -0.4 is 4.90 Å². The van der Waals surface area contributed by atoms with Crippen LogP contribution >= 0.6 is 0 Å². The molecule has 1 fully saturated rings. The van der Waals surface area contributed by atoms with E-state index in [9.17, 15) is 16.8 Å². The van der Waals surface area contributed by atoms with E-state index in [0.717, 1.165) is 16.8 Å². The van der Waals surface area contributed by atoms with Crippen molar-refractivity contribution in [2.24, 2.45) is 4.40 Å². The molecule has 1 heterocycles. The van der Waals surface area contributed by atoms with Crippen molar-refractivity contribution in [3.8, 4) is 0 Å². The molecule has 1 aliphatic heterocycles. The van der Waals surface area contributed by atoms with E-state index in [4.69, 9.17) is 0 Å². The summed E-state index contributed by atoms with van der Waals surface area (Å²) in [5, 5.41) is 0. The van der Waals surface area contributed by atoms with E-state index in [-0.39, 0.29) is 22.2 Å². The first kappa shape index (κ1) is 25.9. The molecule has 0 aliphatic carbocycles. The first-order valence-corrected chi connectivity index (χ1v) is 14.4. The number of aryl methyl sites for hydroxylation is 1. The Morgan fingerprint density at radius 2 is 1.44 bits per heavy atom. The summed E-state index contributed by atoms with van der Waals surface area (Å²) in [6.07, 6.45) is -0.747. The smallest absolute Gasteiger partial charge is 0.283 e. The standard InChI is InChI=1S/C26H30N4O4S2/c1-20-10-16-24(17-11-20)35(31,32)27-21(2)29-18-19-30(36(33,34)25-8-6-5-7-9-25)26(29)22-12-14-23(15-13-22)28(3)4/h5-17,26H,18-19H2,1-4H3/b27-21-. The van der Waals surface area contributed by atoms with Crippen LogP contribution in [0.4, 0.5) is 5.69 Å². The number of rotatable bonds is 6. The Bertz CT molecular complexity index is 1450. The number of hydrogen-bond acceptors (Lipinski definition) is 5. The average molecular weight is 527 g/mol. The number of hydrogen-bond donors (Lipinski definition) is 0. The van der Waals surface area contributed by atoms with Crippen molar-refractivity contribution in [2.45, 2.75) is 29.8 Å². The molecule has 36 heavy (non-hydrogen) atoms. The van der Waals surface area contributed by atoms with E-state index < -0.39 is 26.2 Å². The predicted octanol–water partition coefficient (Wildman–Crippen LogP) is 3.87. The molecule has 0 radical (unpaired) electrons. The van der Waals surface area contributed by atoms with Crippen molar-refractivity contribution in [1.82, 2.24) is 9.21 Å². The molecule has 3 aromatic carbocycles. The van der Waals surface area contributed by atoms with Crippen molar-refractivity contribution < 1.29 is 16.8 Å². The third-order valence-electron chi connectivity index (χ3n) is 6.17. The van der Waals surface area contributed by atoms with E-state index >= 15 is 0 Å². The SMILES string of the molecule is C/C(=N/S(=O)(=O)c1ccc(C)cc1)N1CCN(S(=O)(=O)c2ccccc2)C1c1ccc(N(C)C)cc1. The Labute approximate surface area is 213 Å². The highest BCUT2D eigenvalue weighted by atomic mass is 32.2. The second-order valence-corrected chi connectivity index (χ2v) is 12.4. The van der Waals surface area contributed by atoms with Crippen LogP contribution in [0.1, 0.15) is 24.2 Å². The van der Waals surface area contributed by atoms with E-state index in [1.165, 1.54) is 16.4 Å². The topological polar surface area (TPSA) is 90.4 Å². The van der Waals surface area contributed by atoms with Gasteiger partial charge < -0.3 is 9.80 Å². The summed E-state index contributed by atoms with van der Waals surface area (Å²) in [4.78, 5) is 3.96. The lowest BCUT2D eigenvalue weighted by Crippen LogP contribution is -2.37. The maximum absolute atomic E-state index is 13.6. The molecular weight excluding hydrogens is 496 g/mol. The highest BCUT2D eigenvalue weighted by Gasteiger charge is 2.42. The Hall–Kier alpha value is -3.21. The summed E-state index contributed by atoms with van der Waals surface area (Å²) in [7, 11) is -3.97. The molecule has 0 saturated carbocycles. The number of benzene rings is 3. The lowest BCUT2D eigenvalue weighted by Gasteiger charge is -2.31. The fourth-order valence-corrected chi connectivity index (χ4v) is 6.84. The van der Waals surface area contributed by atoms with Gasteiger partial charge in [0.2, 0.25) is 10.0 Å². The van der Waals surface area contributed by atoms with Gasteiger partial charge in [-0.15, -0.1) is 4.40 Å². The number of nitrogens with zero attached hydrogens (tertiary/aromatic N) is 4. The zero-order chi connectivity index (χ0) is 26.1. The zero-order valence-electron chi connectivity index (χ0n) is 20.7. The number of anilines is 1. The zero-order valence-corrected chi connectivity index (χ0v) is 22.4. The van der Waals surface area contributed by atoms with Crippen LogP contribution in [0.2, 0.25) is 0 Å². The van der Waals surface area contributed by atoms with Crippen LogP contribution in [0.5, 0.6) is 0 Å². The maximum Gasteiger partial charge on any atom is 0.283 e. The third-order valence-corrected chi connectivity index (χ3v) is 9.41. The van der Waals surface area contributed by atoms with E-state index in [1.54, 1.807) is 54.3 Å². The summed E-state index contributed by atoms with van der Waals surface area (Å²) in [5.41, 5.74) is 2.63. The first-order valence-electron chi connectivity index (χ1n) is 11.5. The van der Waals surface area contributed by atoms with Crippen molar-refractivity contribution in [2.75, 3.05) is 32.1 Å². The van der Waals surface area contributed by atoms with Gasteiger partial charge in [-0.25, -0.2) is 8.42 Å². The molecule has 0 amide bonds. The van der Waals surface area contributed by atoms with Crippen molar-refractivity contribution in [1.29, 1.82) is 0 Å². The van der Waals surface area contributed by atoms with Gasteiger partial charge in [-0.3, -0.25) is 0 Å². The Morgan fingerprint density at radius 1 is 0.833 bits per heavy atom. The summed E-state index contributed by atoms with van der Waals surface area (Å²) in [6, 6.07) is 22.3. The van der Waals surface area contributed by atoms with E-state index in [2.05, 4.69) is 4.40 Å². The Kier molecular flexibility index (Phi) is 7.21. The first-order chi connectivity index (χ1) is 17.0. The van der Waals surface area contributed by atoms with Gasteiger partial charge in [0.1, 0.15) is 12.0 Å². The molecule has 8 nitrogen and oxygen atoms in total. The van der Waals surface area contributed by atoms with Gasteiger partial charge in [-0.05, 0) is 55.8 Å². The summed E-state index contributed by atoms with van der Waals surface area (Å²) in [5.74, 6) is 0.225. The third kappa shape index (κ3) is 5.16. The van der Waals surface area contributed by atoms with Crippen molar-refractivity contribution in [3.63, 3.8) is 0 Å². The summed E-state index contributed by atoms with van der Waals surface area (Å²) < 4.78 is 58.8. The molecule has 1 unspecified atom stereocenters. The minimum absolute atomic E-state index is 0.0901. The molecule has 0 N–H and O–H groups in total. The largest absolute Gasteiger partial charge is 0.378 e. The highest BCUT2D eigenvalue weighted by molar-refractivity contribution is 7.90. The molecule has 0 bridgehead atoms. The normalized spacial score (nSPS) is 17.4. The second-order valence-electron chi connectivity index (χ2n) is 8.91. The van der Waals surface area contributed by atoms with Crippen LogP contribution in [-0.4, -0.2) is 59.1 Å². The van der Waals surface area contributed by atoms with E-state index in [0.29, 0.717) is 6.54 Å². The van der Waals surface area contributed by atoms with Gasteiger partial charge in [0.05, 0.1) is 9.79 Å². The lowest BCUT2D eigenvalue weighted by molar-refractivity contribution is 0.284. The highest BCUT2D eigenvalue weighted by Crippen LogP contribution is 2.36. The van der Waals surface area contributed by atoms with Crippen molar-refractivity contribution >= 4 is 31.6 Å². The van der Waals surface area contributed by atoms with Crippen LogP contribution in [0, 0.1) is 6.92 Å². The van der Waals surface area contributed by atoms with Crippen LogP contribution in [-0.2, 0) is 20.0 Å². The molecule has 1 saturated heterocycles. The molecule has 3 aromatic rings. The monoisotopic (exact) mass is 526 g/mol. The van der Waals surface area contributed by atoms with E-state index in [1.807, 2.05) is 50.2 Å². The minimum atomic E-state index is -3.97. The van der Waals surface area contributed by atoms with Crippen LogP contribution in [0.15, 0.2) is 93.1 Å². The van der Waals surface area contributed by atoms with Gasteiger partial charge in [0.25, 0.3) is 10.0 Å². The Balaban J connectivity index is 1.77. The van der Waals surface area contributed by atoms with Gasteiger partial charge in [-0.2, -0.15) is 12.7 Å². The fraction of sp³-hybridized carbons (Fsp3) is 0.269.